The van der Waals surface area contributed by atoms with Gasteiger partial charge < -0.3 is 14.8 Å². The smallest absolute Gasteiger partial charge is 0.180 e. The number of carbonyl (C=O) groups is 1. The molecule has 0 radical (unpaired) electrons. The second-order valence-electron chi connectivity index (χ2n) is 3.44. The van der Waals surface area contributed by atoms with Gasteiger partial charge in [-0.25, -0.2) is 0 Å². The maximum atomic E-state index is 11.9. The topological polar surface area (TPSA) is 47.6 Å². The van der Waals surface area contributed by atoms with Gasteiger partial charge in [0.05, 0.1) is 25.8 Å². The molecule has 1 N–H and O–H groups in total. The monoisotopic (exact) mass is 257 g/mol. The number of hydrogen-bond donors (Lipinski definition) is 1. The van der Waals surface area contributed by atoms with E-state index in [1.54, 1.807) is 25.3 Å². The molecule has 0 atom stereocenters. The molecule has 17 heavy (non-hydrogen) atoms. The Morgan fingerprint density at radius 3 is 2.82 bits per heavy atom. The van der Waals surface area contributed by atoms with Crippen molar-refractivity contribution < 1.29 is 14.3 Å². The predicted octanol–water partition coefficient (Wildman–Crippen LogP) is 1.77. The number of benzene rings is 1. The highest BCUT2D eigenvalue weighted by molar-refractivity contribution is 6.31. The van der Waals surface area contributed by atoms with Crippen LogP contribution in [0, 0.1) is 0 Å². The van der Waals surface area contributed by atoms with Crippen LogP contribution < -0.4 is 10.1 Å². The van der Waals surface area contributed by atoms with Crippen molar-refractivity contribution in [2.75, 3.05) is 33.9 Å². The van der Waals surface area contributed by atoms with E-state index < -0.39 is 0 Å². The molecule has 0 aliphatic heterocycles. The normalized spacial score (nSPS) is 10.3. The third-order valence-electron chi connectivity index (χ3n) is 2.23. The van der Waals surface area contributed by atoms with Crippen molar-refractivity contribution >= 4 is 17.4 Å². The molecule has 94 valence electrons. The molecule has 5 heteroatoms. The second kappa shape index (κ2) is 7.27. The van der Waals surface area contributed by atoms with Gasteiger partial charge in [0.15, 0.2) is 5.78 Å². The molecule has 1 aromatic rings. The molecule has 0 spiro atoms. The number of ketones is 1. The molecule has 0 aromatic heterocycles. The van der Waals surface area contributed by atoms with E-state index in [2.05, 4.69) is 5.32 Å². The molecule has 4 nitrogen and oxygen atoms in total. The average Bonchev–Trinajstić information content (AvgIpc) is 2.34. The summed E-state index contributed by atoms with van der Waals surface area (Å²) in [7, 11) is 3.14. The van der Waals surface area contributed by atoms with E-state index in [1.165, 1.54) is 7.11 Å². The van der Waals surface area contributed by atoms with Crippen LogP contribution in [0.2, 0.25) is 5.02 Å². The summed E-state index contributed by atoms with van der Waals surface area (Å²) in [6.45, 7) is 1.44. The fourth-order valence-corrected chi connectivity index (χ4v) is 1.54. The van der Waals surface area contributed by atoms with Gasteiger partial charge >= 0.3 is 0 Å². The summed E-state index contributed by atoms with van der Waals surface area (Å²) in [5, 5.41) is 3.50. The van der Waals surface area contributed by atoms with Crippen molar-refractivity contribution in [2.45, 2.75) is 0 Å². The Bertz CT molecular complexity index is 382. The Balaban J connectivity index is 2.64. The van der Waals surface area contributed by atoms with E-state index in [9.17, 15) is 4.79 Å². The van der Waals surface area contributed by atoms with Gasteiger partial charge in [-0.2, -0.15) is 0 Å². The molecule has 0 aliphatic carbocycles. The Hall–Kier alpha value is -1.10. The third-order valence-corrected chi connectivity index (χ3v) is 2.47. The van der Waals surface area contributed by atoms with Gasteiger partial charge in [-0.15, -0.1) is 0 Å². The van der Waals surface area contributed by atoms with E-state index in [1.807, 2.05) is 0 Å². The molecule has 0 aliphatic rings. The van der Waals surface area contributed by atoms with Crippen molar-refractivity contribution in [2.24, 2.45) is 0 Å². The first kappa shape index (κ1) is 14.0. The summed E-state index contributed by atoms with van der Waals surface area (Å²) < 4.78 is 9.99. The number of ether oxygens (including phenoxy) is 2. The summed E-state index contributed by atoms with van der Waals surface area (Å²) in [6.07, 6.45) is 0. The summed E-state index contributed by atoms with van der Waals surface area (Å²) in [4.78, 5) is 11.9. The Kier molecular flexibility index (Phi) is 5.97. The zero-order valence-corrected chi connectivity index (χ0v) is 10.7. The van der Waals surface area contributed by atoms with Crippen molar-refractivity contribution in [1.29, 1.82) is 0 Å². The third kappa shape index (κ3) is 4.34. The molecule has 0 saturated carbocycles. The number of rotatable bonds is 7. The van der Waals surface area contributed by atoms with Crippen molar-refractivity contribution in [3.05, 3.63) is 28.8 Å². The zero-order chi connectivity index (χ0) is 12.7. The number of Topliss-reactive ketones (excluding diaryl/α,β-unsaturated/α-hetero) is 1. The van der Waals surface area contributed by atoms with E-state index >= 15 is 0 Å². The maximum absolute atomic E-state index is 11.9. The van der Waals surface area contributed by atoms with Crippen molar-refractivity contribution in [3.63, 3.8) is 0 Å². The molecule has 0 saturated heterocycles. The number of nitrogens with one attached hydrogen (secondary N) is 1. The number of methoxy groups -OCH3 is 2. The van der Waals surface area contributed by atoms with Gasteiger partial charge in [0.2, 0.25) is 0 Å². The van der Waals surface area contributed by atoms with Crippen LogP contribution in [-0.4, -0.2) is 39.7 Å². The highest BCUT2D eigenvalue weighted by Crippen LogP contribution is 2.22. The molecule has 1 rings (SSSR count). The summed E-state index contributed by atoms with van der Waals surface area (Å²) >= 11 is 5.85. The molecule has 0 amide bonds. The lowest BCUT2D eigenvalue weighted by molar-refractivity contribution is 0.0984. The van der Waals surface area contributed by atoms with E-state index in [0.29, 0.717) is 29.5 Å². The lowest BCUT2D eigenvalue weighted by Gasteiger charge is -2.08. The van der Waals surface area contributed by atoms with Gasteiger partial charge in [-0.3, -0.25) is 4.79 Å². The Morgan fingerprint density at radius 1 is 1.41 bits per heavy atom. The molecule has 1 aromatic carbocycles. The first-order valence-electron chi connectivity index (χ1n) is 5.25. The van der Waals surface area contributed by atoms with Crippen LogP contribution in [0.3, 0.4) is 0 Å². The SMILES string of the molecule is COCCNCC(=O)c1cc(Cl)ccc1OC. The van der Waals surface area contributed by atoms with E-state index in [-0.39, 0.29) is 12.3 Å². The second-order valence-corrected chi connectivity index (χ2v) is 3.87. The molecule has 0 bridgehead atoms. The molecular weight excluding hydrogens is 242 g/mol. The van der Waals surface area contributed by atoms with Crippen LogP contribution in [-0.2, 0) is 4.74 Å². The van der Waals surface area contributed by atoms with Gasteiger partial charge in [0.1, 0.15) is 5.75 Å². The lowest BCUT2D eigenvalue weighted by atomic mass is 10.1. The number of carbonyl (C=O) groups excluding carboxylic acids is 1. The minimum atomic E-state index is -0.0551. The predicted molar refractivity (Wildman–Crippen MR) is 67.1 cm³/mol. The number of hydrogen-bond acceptors (Lipinski definition) is 4. The number of halogens is 1. The van der Waals surface area contributed by atoms with Crippen LogP contribution in [0.4, 0.5) is 0 Å². The van der Waals surface area contributed by atoms with Gasteiger partial charge in [-0.05, 0) is 18.2 Å². The van der Waals surface area contributed by atoms with Gasteiger partial charge in [0.25, 0.3) is 0 Å². The average molecular weight is 258 g/mol. The quantitative estimate of drug-likeness (QED) is 0.597. The zero-order valence-electron chi connectivity index (χ0n) is 9.96. The van der Waals surface area contributed by atoms with Gasteiger partial charge in [0, 0.05) is 18.7 Å². The Morgan fingerprint density at radius 2 is 2.18 bits per heavy atom. The highest BCUT2D eigenvalue weighted by atomic mass is 35.5. The summed E-state index contributed by atoms with van der Waals surface area (Å²) in [5.41, 5.74) is 0.491. The lowest BCUT2D eigenvalue weighted by Crippen LogP contribution is -2.26. The molecule has 0 fully saturated rings. The van der Waals surface area contributed by atoms with E-state index in [4.69, 9.17) is 21.1 Å². The first-order chi connectivity index (χ1) is 8.19. The fourth-order valence-electron chi connectivity index (χ4n) is 1.37. The van der Waals surface area contributed by atoms with E-state index in [0.717, 1.165) is 0 Å². The first-order valence-corrected chi connectivity index (χ1v) is 5.63. The molecular formula is C12H16ClNO3. The van der Waals surface area contributed by atoms with Crippen LogP contribution >= 0.6 is 11.6 Å². The minimum Gasteiger partial charge on any atom is -0.496 e. The fraction of sp³-hybridized carbons (Fsp3) is 0.417. The van der Waals surface area contributed by atoms with Gasteiger partial charge in [-0.1, -0.05) is 11.6 Å². The van der Waals surface area contributed by atoms with Crippen LogP contribution in [0.25, 0.3) is 0 Å². The summed E-state index contributed by atoms with van der Waals surface area (Å²) in [5.74, 6) is 0.480. The Labute approximate surface area is 106 Å². The standard InChI is InChI=1S/C12H16ClNO3/c1-16-6-5-14-8-11(15)10-7-9(13)3-4-12(10)17-2/h3-4,7,14H,5-6,8H2,1-2H3. The van der Waals surface area contributed by atoms with Crippen molar-refractivity contribution in [1.82, 2.24) is 5.32 Å². The van der Waals surface area contributed by atoms with Crippen LogP contribution in [0.5, 0.6) is 5.75 Å². The highest BCUT2D eigenvalue weighted by Gasteiger charge is 2.12. The largest absolute Gasteiger partial charge is 0.496 e. The van der Waals surface area contributed by atoms with Crippen molar-refractivity contribution in [3.8, 4) is 5.75 Å². The van der Waals surface area contributed by atoms with Crippen LogP contribution in [0.15, 0.2) is 18.2 Å². The maximum Gasteiger partial charge on any atom is 0.180 e. The summed E-state index contributed by atoms with van der Waals surface area (Å²) in [6, 6.07) is 4.99. The molecule has 0 unspecified atom stereocenters. The van der Waals surface area contributed by atoms with Crippen LogP contribution in [0.1, 0.15) is 10.4 Å². The minimum absolute atomic E-state index is 0.0551. The molecule has 0 heterocycles.